The topological polar surface area (TPSA) is 77.0 Å². The van der Waals surface area contributed by atoms with Crippen molar-refractivity contribution in [3.05, 3.63) is 52.4 Å². The zero-order chi connectivity index (χ0) is 16.4. The maximum atomic E-state index is 12.6. The third-order valence-corrected chi connectivity index (χ3v) is 3.73. The van der Waals surface area contributed by atoms with Gasteiger partial charge in [-0.15, -0.1) is 0 Å². The highest BCUT2D eigenvalue weighted by molar-refractivity contribution is 5.94. The smallest absolute Gasteiger partial charge is 0.343 e. The molecule has 1 aromatic carbocycles. The molecule has 0 aliphatic carbocycles. The van der Waals surface area contributed by atoms with Crippen LogP contribution in [0.25, 0.3) is 22.2 Å². The summed E-state index contributed by atoms with van der Waals surface area (Å²) in [6, 6.07) is 7.36. The van der Waals surface area contributed by atoms with Gasteiger partial charge >= 0.3 is 5.97 Å². The Balaban J connectivity index is 2.23. The first kappa shape index (κ1) is 15.0. The fraction of sp³-hybridized carbons (Fsp3) is 0.235. The molecule has 0 amide bonds. The van der Waals surface area contributed by atoms with E-state index in [4.69, 9.17) is 4.74 Å². The van der Waals surface area contributed by atoms with Gasteiger partial charge in [0.25, 0.3) is 0 Å². The standard InChI is InChI=1S/C17H17N3O3/c1-3-20-10-13(17(22)23-4-2)16(21)12-6-5-11(9-15(12)20)14-7-8-18-19-14/h5-10H,3-4H2,1-2H3,(H,18,19). The number of H-pyrrole nitrogens is 1. The summed E-state index contributed by atoms with van der Waals surface area (Å²) in [6.07, 6.45) is 3.25. The van der Waals surface area contributed by atoms with Gasteiger partial charge in [-0.25, -0.2) is 4.79 Å². The van der Waals surface area contributed by atoms with Gasteiger partial charge in [-0.05, 0) is 32.0 Å². The predicted molar refractivity (Wildman–Crippen MR) is 87.4 cm³/mol. The Bertz CT molecular complexity index is 911. The number of pyridine rings is 1. The van der Waals surface area contributed by atoms with E-state index in [1.54, 1.807) is 25.4 Å². The summed E-state index contributed by atoms with van der Waals surface area (Å²) in [6.45, 7) is 4.55. The van der Waals surface area contributed by atoms with Gasteiger partial charge in [0.1, 0.15) is 5.56 Å². The summed E-state index contributed by atoms with van der Waals surface area (Å²) in [7, 11) is 0. The number of nitrogens with zero attached hydrogens (tertiary/aromatic N) is 2. The van der Waals surface area contributed by atoms with Crippen LogP contribution in [0.1, 0.15) is 24.2 Å². The number of carbonyl (C=O) groups is 1. The van der Waals surface area contributed by atoms with Crippen LogP contribution in [0.15, 0.2) is 41.5 Å². The van der Waals surface area contributed by atoms with Gasteiger partial charge < -0.3 is 9.30 Å². The molecule has 0 aliphatic heterocycles. The van der Waals surface area contributed by atoms with Crippen molar-refractivity contribution in [1.29, 1.82) is 0 Å². The van der Waals surface area contributed by atoms with Crippen molar-refractivity contribution in [2.75, 3.05) is 6.61 Å². The van der Waals surface area contributed by atoms with E-state index >= 15 is 0 Å². The Morgan fingerprint density at radius 2 is 2.13 bits per heavy atom. The molecule has 0 saturated carbocycles. The molecule has 0 saturated heterocycles. The minimum atomic E-state index is -0.584. The summed E-state index contributed by atoms with van der Waals surface area (Å²) in [5.41, 5.74) is 2.34. The van der Waals surface area contributed by atoms with Crippen LogP contribution in [0.3, 0.4) is 0 Å². The van der Waals surface area contributed by atoms with Gasteiger partial charge in [-0.3, -0.25) is 9.89 Å². The first-order chi connectivity index (χ1) is 11.2. The molecule has 0 aliphatic rings. The van der Waals surface area contributed by atoms with Crippen molar-refractivity contribution in [1.82, 2.24) is 14.8 Å². The number of esters is 1. The van der Waals surface area contributed by atoms with Gasteiger partial charge in [0.15, 0.2) is 0 Å². The number of hydrogen-bond donors (Lipinski definition) is 1. The molecule has 0 radical (unpaired) electrons. The second-order valence-electron chi connectivity index (χ2n) is 5.08. The van der Waals surface area contributed by atoms with Gasteiger partial charge in [0.2, 0.25) is 5.43 Å². The number of carbonyl (C=O) groups excluding carboxylic acids is 1. The molecule has 0 unspecified atom stereocenters. The number of aryl methyl sites for hydroxylation is 1. The number of rotatable bonds is 4. The average molecular weight is 311 g/mol. The molecule has 0 bridgehead atoms. The van der Waals surface area contributed by atoms with Crippen molar-refractivity contribution in [3.63, 3.8) is 0 Å². The molecule has 23 heavy (non-hydrogen) atoms. The van der Waals surface area contributed by atoms with Crippen LogP contribution in [-0.2, 0) is 11.3 Å². The lowest BCUT2D eigenvalue weighted by Gasteiger charge is -2.12. The van der Waals surface area contributed by atoms with Crippen molar-refractivity contribution in [2.45, 2.75) is 20.4 Å². The van der Waals surface area contributed by atoms with Crippen LogP contribution in [-0.4, -0.2) is 27.3 Å². The Morgan fingerprint density at radius 3 is 2.78 bits per heavy atom. The van der Waals surface area contributed by atoms with Crippen molar-refractivity contribution in [2.24, 2.45) is 0 Å². The summed E-state index contributed by atoms with van der Waals surface area (Å²) >= 11 is 0. The SMILES string of the molecule is CCOC(=O)c1cn(CC)c2cc(-c3ccn[nH]3)ccc2c1=O. The molecular weight excluding hydrogens is 294 g/mol. The maximum absolute atomic E-state index is 12.6. The van der Waals surface area contributed by atoms with E-state index in [0.29, 0.717) is 11.9 Å². The van der Waals surface area contributed by atoms with Gasteiger partial charge in [-0.2, -0.15) is 5.10 Å². The fourth-order valence-corrected chi connectivity index (χ4v) is 2.59. The number of benzene rings is 1. The monoisotopic (exact) mass is 311 g/mol. The predicted octanol–water partition coefficient (Wildman–Crippen LogP) is 2.59. The zero-order valence-electron chi connectivity index (χ0n) is 13.0. The molecule has 6 heteroatoms. The largest absolute Gasteiger partial charge is 0.462 e. The summed E-state index contributed by atoms with van der Waals surface area (Å²) in [5.74, 6) is -0.584. The molecular formula is C17H17N3O3. The Labute approximate surface area is 132 Å². The van der Waals surface area contributed by atoms with E-state index in [-0.39, 0.29) is 17.6 Å². The summed E-state index contributed by atoms with van der Waals surface area (Å²) < 4.78 is 6.85. The molecule has 2 aromatic heterocycles. The molecule has 3 aromatic rings. The lowest BCUT2D eigenvalue weighted by molar-refractivity contribution is 0.0524. The molecule has 1 N–H and O–H groups in total. The van der Waals surface area contributed by atoms with E-state index in [2.05, 4.69) is 10.2 Å². The maximum Gasteiger partial charge on any atom is 0.343 e. The number of hydrogen-bond acceptors (Lipinski definition) is 4. The third kappa shape index (κ3) is 2.63. The fourth-order valence-electron chi connectivity index (χ4n) is 2.59. The van der Waals surface area contributed by atoms with E-state index in [1.807, 2.05) is 29.7 Å². The van der Waals surface area contributed by atoms with Crippen molar-refractivity contribution < 1.29 is 9.53 Å². The van der Waals surface area contributed by atoms with E-state index in [1.165, 1.54) is 0 Å². The van der Waals surface area contributed by atoms with Crippen LogP contribution in [0, 0.1) is 0 Å². The Morgan fingerprint density at radius 1 is 1.30 bits per heavy atom. The van der Waals surface area contributed by atoms with Gasteiger partial charge in [0, 0.05) is 29.9 Å². The van der Waals surface area contributed by atoms with Crippen LogP contribution in [0.5, 0.6) is 0 Å². The first-order valence-electron chi connectivity index (χ1n) is 7.49. The van der Waals surface area contributed by atoms with Crippen molar-refractivity contribution in [3.8, 4) is 11.3 Å². The van der Waals surface area contributed by atoms with Crippen LogP contribution in [0.4, 0.5) is 0 Å². The number of aromatic amines is 1. The minimum Gasteiger partial charge on any atom is -0.462 e. The van der Waals surface area contributed by atoms with Crippen LogP contribution < -0.4 is 5.43 Å². The minimum absolute atomic E-state index is 0.0653. The van der Waals surface area contributed by atoms with E-state index in [9.17, 15) is 9.59 Å². The zero-order valence-corrected chi connectivity index (χ0v) is 13.0. The highest BCUT2D eigenvalue weighted by Gasteiger charge is 2.16. The van der Waals surface area contributed by atoms with E-state index < -0.39 is 5.97 Å². The van der Waals surface area contributed by atoms with Crippen molar-refractivity contribution >= 4 is 16.9 Å². The second-order valence-corrected chi connectivity index (χ2v) is 5.08. The normalized spacial score (nSPS) is 10.9. The van der Waals surface area contributed by atoms with E-state index in [0.717, 1.165) is 16.8 Å². The number of ether oxygens (including phenoxy) is 1. The van der Waals surface area contributed by atoms with Gasteiger partial charge in [-0.1, -0.05) is 6.07 Å². The summed E-state index contributed by atoms with van der Waals surface area (Å²) in [5, 5.41) is 7.35. The molecule has 0 spiro atoms. The molecule has 118 valence electrons. The highest BCUT2D eigenvalue weighted by Crippen LogP contribution is 2.22. The molecule has 0 fully saturated rings. The molecule has 0 atom stereocenters. The third-order valence-electron chi connectivity index (χ3n) is 3.73. The Kier molecular flexibility index (Phi) is 3.97. The Hall–Kier alpha value is -2.89. The highest BCUT2D eigenvalue weighted by atomic mass is 16.5. The second kappa shape index (κ2) is 6.08. The quantitative estimate of drug-likeness (QED) is 0.751. The molecule has 2 heterocycles. The van der Waals surface area contributed by atoms with Crippen LogP contribution >= 0.6 is 0 Å². The number of nitrogens with one attached hydrogen (secondary N) is 1. The average Bonchev–Trinajstić information content (AvgIpc) is 3.09. The lowest BCUT2D eigenvalue weighted by Crippen LogP contribution is -2.20. The van der Waals surface area contributed by atoms with Crippen LogP contribution in [0.2, 0.25) is 0 Å². The molecule has 6 nitrogen and oxygen atoms in total. The van der Waals surface area contributed by atoms with Gasteiger partial charge in [0.05, 0.1) is 17.8 Å². The number of fused-ring (bicyclic) bond motifs is 1. The molecule has 3 rings (SSSR count). The first-order valence-corrected chi connectivity index (χ1v) is 7.49. The summed E-state index contributed by atoms with van der Waals surface area (Å²) in [4.78, 5) is 24.6. The lowest BCUT2D eigenvalue weighted by atomic mass is 10.1. The number of aromatic nitrogens is 3.